The van der Waals surface area contributed by atoms with E-state index in [1.165, 1.54) is 29.6 Å². The standard InChI is InChI=1S/C16H17NO2S/c1-19-15(18)13-9-20-10-14(13)16(17)7-6-11-4-2-3-5-12(11)8-16/h2-5,9-10H,6-8,17H2,1H3. The molecule has 4 heteroatoms. The second kappa shape index (κ2) is 5.04. The highest BCUT2D eigenvalue weighted by atomic mass is 32.1. The number of fused-ring (bicyclic) bond motifs is 1. The van der Waals surface area contributed by atoms with Gasteiger partial charge in [-0.2, -0.15) is 11.3 Å². The summed E-state index contributed by atoms with van der Waals surface area (Å²) in [6.45, 7) is 0. The summed E-state index contributed by atoms with van der Waals surface area (Å²) >= 11 is 1.50. The fourth-order valence-corrected chi connectivity index (χ4v) is 3.87. The predicted molar refractivity (Wildman–Crippen MR) is 80.0 cm³/mol. The number of aryl methyl sites for hydroxylation is 1. The summed E-state index contributed by atoms with van der Waals surface area (Å²) < 4.78 is 4.85. The quantitative estimate of drug-likeness (QED) is 0.864. The van der Waals surface area contributed by atoms with Crippen molar-refractivity contribution in [3.05, 3.63) is 57.3 Å². The van der Waals surface area contributed by atoms with Crippen LogP contribution in [0.5, 0.6) is 0 Å². The Morgan fingerprint density at radius 2 is 2.05 bits per heavy atom. The zero-order valence-corrected chi connectivity index (χ0v) is 12.2. The molecule has 0 saturated heterocycles. The average molecular weight is 287 g/mol. The summed E-state index contributed by atoms with van der Waals surface area (Å²) in [5.41, 5.74) is 10.3. The van der Waals surface area contributed by atoms with Gasteiger partial charge in [-0.15, -0.1) is 0 Å². The van der Waals surface area contributed by atoms with Gasteiger partial charge in [0.2, 0.25) is 0 Å². The molecule has 0 aliphatic heterocycles. The van der Waals surface area contributed by atoms with Gasteiger partial charge in [-0.05, 0) is 41.3 Å². The first-order valence-corrected chi connectivity index (χ1v) is 7.59. The van der Waals surface area contributed by atoms with Crippen LogP contribution in [0, 0.1) is 0 Å². The van der Waals surface area contributed by atoms with Gasteiger partial charge in [0.1, 0.15) is 0 Å². The van der Waals surface area contributed by atoms with Gasteiger partial charge < -0.3 is 10.5 Å². The molecular weight excluding hydrogens is 270 g/mol. The first-order chi connectivity index (χ1) is 9.64. The maximum absolute atomic E-state index is 11.9. The van der Waals surface area contributed by atoms with E-state index in [4.69, 9.17) is 10.5 Å². The van der Waals surface area contributed by atoms with Crippen LogP contribution in [0.3, 0.4) is 0 Å². The fraction of sp³-hybridized carbons (Fsp3) is 0.312. The maximum atomic E-state index is 11.9. The van der Waals surface area contributed by atoms with Crippen LogP contribution in [-0.4, -0.2) is 13.1 Å². The third-order valence-electron chi connectivity index (χ3n) is 4.07. The molecule has 104 valence electrons. The molecule has 1 aliphatic rings. The molecule has 1 atom stereocenters. The summed E-state index contributed by atoms with van der Waals surface area (Å²) in [6, 6.07) is 8.39. The van der Waals surface area contributed by atoms with Gasteiger partial charge in [-0.25, -0.2) is 4.79 Å². The Bertz CT molecular complexity index is 649. The molecule has 20 heavy (non-hydrogen) atoms. The Kier molecular flexibility index (Phi) is 3.36. The fourth-order valence-electron chi connectivity index (χ4n) is 2.94. The number of benzene rings is 1. The summed E-state index contributed by atoms with van der Waals surface area (Å²) in [6.07, 6.45) is 2.57. The summed E-state index contributed by atoms with van der Waals surface area (Å²) in [5.74, 6) is -0.301. The number of carbonyl (C=O) groups is 1. The minimum atomic E-state index is -0.474. The number of hydrogen-bond donors (Lipinski definition) is 1. The van der Waals surface area contributed by atoms with Gasteiger partial charge in [0.05, 0.1) is 12.7 Å². The molecule has 0 spiro atoms. The van der Waals surface area contributed by atoms with Crippen LogP contribution in [0.4, 0.5) is 0 Å². The Morgan fingerprint density at radius 1 is 1.30 bits per heavy atom. The number of ether oxygens (including phenoxy) is 1. The molecule has 1 unspecified atom stereocenters. The number of thiophene rings is 1. The van der Waals surface area contributed by atoms with Crippen LogP contribution in [0.1, 0.15) is 33.5 Å². The largest absolute Gasteiger partial charge is 0.465 e. The molecular formula is C16H17NO2S. The molecule has 0 saturated carbocycles. The molecule has 1 aromatic carbocycles. The van der Waals surface area contributed by atoms with Crippen LogP contribution >= 0.6 is 11.3 Å². The first-order valence-electron chi connectivity index (χ1n) is 6.65. The molecule has 2 aromatic rings. The third kappa shape index (κ3) is 2.15. The predicted octanol–water partition coefficient (Wildman–Crippen LogP) is 2.88. The number of esters is 1. The number of rotatable bonds is 2. The van der Waals surface area contributed by atoms with Crippen LogP contribution in [-0.2, 0) is 23.1 Å². The van der Waals surface area contributed by atoms with E-state index in [-0.39, 0.29) is 5.97 Å². The Hall–Kier alpha value is -1.65. The van der Waals surface area contributed by atoms with Crippen molar-refractivity contribution in [2.75, 3.05) is 7.11 Å². The number of carbonyl (C=O) groups excluding carboxylic acids is 1. The van der Waals surface area contributed by atoms with Gasteiger partial charge in [-0.1, -0.05) is 24.3 Å². The molecule has 1 aliphatic carbocycles. The van der Waals surface area contributed by atoms with E-state index < -0.39 is 5.54 Å². The van der Waals surface area contributed by atoms with Gasteiger partial charge in [-0.3, -0.25) is 0 Å². The van der Waals surface area contributed by atoms with Gasteiger partial charge >= 0.3 is 5.97 Å². The number of hydrogen-bond acceptors (Lipinski definition) is 4. The van der Waals surface area contributed by atoms with E-state index in [9.17, 15) is 4.79 Å². The number of nitrogens with two attached hydrogens (primary N) is 1. The SMILES string of the molecule is COC(=O)c1cscc1C1(N)CCc2ccccc2C1. The van der Waals surface area contributed by atoms with Crippen LogP contribution in [0.2, 0.25) is 0 Å². The maximum Gasteiger partial charge on any atom is 0.339 e. The second-order valence-corrected chi connectivity index (χ2v) is 6.04. The zero-order valence-electron chi connectivity index (χ0n) is 11.4. The first kappa shape index (κ1) is 13.3. The molecule has 0 fully saturated rings. The van der Waals surface area contributed by atoms with Gasteiger partial charge in [0.15, 0.2) is 0 Å². The lowest BCUT2D eigenvalue weighted by Crippen LogP contribution is -2.42. The van der Waals surface area contributed by atoms with Crippen molar-refractivity contribution in [3.8, 4) is 0 Å². The van der Waals surface area contributed by atoms with Crippen LogP contribution in [0.25, 0.3) is 0 Å². The van der Waals surface area contributed by atoms with Crippen molar-refractivity contribution in [3.63, 3.8) is 0 Å². The van der Waals surface area contributed by atoms with Crippen molar-refractivity contribution in [2.24, 2.45) is 5.73 Å². The Balaban J connectivity index is 1.99. The van der Waals surface area contributed by atoms with E-state index in [0.29, 0.717) is 5.56 Å². The Labute approximate surface area is 122 Å². The highest BCUT2D eigenvalue weighted by Crippen LogP contribution is 2.37. The molecule has 0 radical (unpaired) electrons. The van der Waals surface area contributed by atoms with Crippen LogP contribution in [0.15, 0.2) is 35.0 Å². The monoisotopic (exact) mass is 287 g/mol. The third-order valence-corrected chi connectivity index (χ3v) is 4.81. The Morgan fingerprint density at radius 3 is 2.80 bits per heavy atom. The lowest BCUT2D eigenvalue weighted by Gasteiger charge is -2.35. The number of methoxy groups -OCH3 is 1. The minimum Gasteiger partial charge on any atom is -0.465 e. The highest BCUT2D eigenvalue weighted by Gasteiger charge is 2.35. The molecule has 3 nitrogen and oxygen atoms in total. The van der Waals surface area contributed by atoms with E-state index in [2.05, 4.69) is 18.2 Å². The highest BCUT2D eigenvalue weighted by molar-refractivity contribution is 7.08. The summed E-state index contributed by atoms with van der Waals surface area (Å²) in [4.78, 5) is 11.9. The lowest BCUT2D eigenvalue weighted by molar-refractivity contribution is 0.0597. The van der Waals surface area contributed by atoms with Crippen molar-refractivity contribution < 1.29 is 9.53 Å². The van der Waals surface area contributed by atoms with Gasteiger partial charge in [0.25, 0.3) is 0 Å². The second-order valence-electron chi connectivity index (χ2n) is 5.29. The van der Waals surface area contributed by atoms with Crippen molar-refractivity contribution in [1.82, 2.24) is 0 Å². The summed E-state index contributed by atoms with van der Waals surface area (Å²) in [7, 11) is 1.41. The normalized spacial score (nSPS) is 21.3. The van der Waals surface area contributed by atoms with Crippen molar-refractivity contribution in [1.29, 1.82) is 0 Å². The minimum absolute atomic E-state index is 0.301. The van der Waals surface area contributed by atoms with E-state index in [1.807, 2.05) is 16.8 Å². The van der Waals surface area contributed by atoms with E-state index >= 15 is 0 Å². The zero-order chi connectivity index (χ0) is 14.2. The molecule has 1 aromatic heterocycles. The molecule has 0 bridgehead atoms. The van der Waals surface area contributed by atoms with Crippen molar-refractivity contribution in [2.45, 2.75) is 24.8 Å². The topological polar surface area (TPSA) is 52.3 Å². The molecule has 0 amide bonds. The smallest absolute Gasteiger partial charge is 0.339 e. The lowest BCUT2D eigenvalue weighted by atomic mass is 9.74. The van der Waals surface area contributed by atoms with Gasteiger partial charge in [0, 0.05) is 10.9 Å². The van der Waals surface area contributed by atoms with Crippen molar-refractivity contribution >= 4 is 17.3 Å². The molecule has 3 rings (SSSR count). The summed E-state index contributed by atoms with van der Waals surface area (Å²) in [5, 5.41) is 3.82. The molecule has 1 heterocycles. The van der Waals surface area contributed by atoms with E-state index in [1.54, 1.807) is 0 Å². The average Bonchev–Trinajstić information content (AvgIpc) is 2.96. The van der Waals surface area contributed by atoms with E-state index in [0.717, 1.165) is 24.8 Å². The van der Waals surface area contributed by atoms with Crippen LogP contribution < -0.4 is 5.73 Å². The molecule has 2 N–H and O–H groups in total.